The zero-order valence-electron chi connectivity index (χ0n) is 28.8. The van der Waals surface area contributed by atoms with Gasteiger partial charge in [0.25, 0.3) is 0 Å². The van der Waals surface area contributed by atoms with Gasteiger partial charge >= 0.3 is 0 Å². The lowest BCUT2D eigenvalue weighted by Crippen LogP contribution is -2.16. The number of nitrogens with zero attached hydrogens (tertiary/aromatic N) is 4. The van der Waals surface area contributed by atoms with Crippen molar-refractivity contribution in [3.63, 3.8) is 0 Å². The number of rotatable bonds is 4. The second-order valence-electron chi connectivity index (χ2n) is 13.5. The number of thiazole rings is 2. The molecule has 5 aromatic rings. The average molecular weight is 689 g/mol. The Balaban J connectivity index is 1.06. The van der Waals surface area contributed by atoms with Gasteiger partial charge in [0, 0.05) is 44.8 Å². The van der Waals surface area contributed by atoms with Gasteiger partial charge in [0.05, 0.1) is 11.7 Å². The maximum absolute atomic E-state index is 4.95. The molecule has 1 atom stereocenters. The third-order valence-corrected chi connectivity index (χ3v) is 11.2. The molecular formula is C42H36N4S2Si. The van der Waals surface area contributed by atoms with Crippen molar-refractivity contribution in [2.24, 2.45) is 9.98 Å². The minimum absolute atomic E-state index is 0.0210. The van der Waals surface area contributed by atoms with Crippen molar-refractivity contribution in [2.45, 2.75) is 53.4 Å². The van der Waals surface area contributed by atoms with Gasteiger partial charge in [-0.3, -0.25) is 9.98 Å². The molecule has 4 heterocycles. The molecule has 0 saturated heterocycles. The Hall–Kier alpha value is -4.92. The molecule has 240 valence electrons. The van der Waals surface area contributed by atoms with Gasteiger partial charge in [-0.2, -0.15) is 0 Å². The lowest BCUT2D eigenvalue weighted by atomic mass is 9.91. The van der Waals surface area contributed by atoms with Gasteiger partial charge in [-0.1, -0.05) is 96.5 Å². The van der Waals surface area contributed by atoms with Crippen molar-refractivity contribution in [1.82, 2.24) is 9.97 Å². The number of benzene rings is 3. The van der Waals surface area contributed by atoms with Crippen LogP contribution in [0.1, 0.15) is 49.9 Å². The lowest BCUT2D eigenvalue weighted by Gasteiger charge is -2.18. The molecular weight excluding hydrogens is 653 g/mol. The molecule has 0 bridgehead atoms. The summed E-state index contributed by atoms with van der Waals surface area (Å²) in [5, 5.41) is 1.95. The minimum Gasteiger partial charge on any atom is -0.277 e. The first-order valence-electron chi connectivity index (χ1n) is 16.3. The monoisotopic (exact) mass is 688 g/mol. The van der Waals surface area contributed by atoms with Crippen LogP contribution in [0.25, 0.3) is 36.4 Å². The molecule has 1 unspecified atom stereocenters. The van der Waals surface area contributed by atoms with E-state index in [4.69, 9.17) is 20.0 Å². The van der Waals surface area contributed by atoms with E-state index in [1.54, 1.807) is 22.7 Å². The maximum atomic E-state index is 4.95. The summed E-state index contributed by atoms with van der Waals surface area (Å²) in [6.45, 7) is 15.2. The molecule has 2 aliphatic rings. The molecule has 0 fully saturated rings. The second kappa shape index (κ2) is 13.2. The van der Waals surface area contributed by atoms with Crippen LogP contribution in [0.2, 0.25) is 19.6 Å². The molecule has 0 amide bonds. The summed E-state index contributed by atoms with van der Waals surface area (Å²) in [6.07, 6.45) is 4.31. The van der Waals surface area contributed by atoms with Crippen LogP contribution in [0.5, 0.6) is 0 Å². The zero-order chi connectivity index (χ0) is 34.3. The first kappa shape index (κ1) is 32.6. The molecule has 7 rings (SSSR count). The zero-order valence-corrected chi connectivity index (χ0v) is 31.4. The van der Waals surface area contributed by atoms with E-state index in [0.717, 1.165) is 75.8 Å². The number of hydrogen-bond acceptors (Lipinski definition) is 6. The maximum Gasteiger partial charge on any atom is 0.155 e. The van der Waals surface area contributed by atoms with Crippen LogP contribution in [0.4, 0.5) is 0 Å². The van der Waals surface area contributed by atoms with Gasteiger partial charge in [0.2, 0.25) is 0 Å². The summed E-state index contributed by atoms with van der Waals surface area (Å²) in [4.78, 5) is 21.6. The summed E-state index contributed by atoms with van der Waals surface area (Å²) < 4.78 is 0. The van der Waals surface area contributed by atoms with Crippen molar-refractivity contribution in [3.05, 3.63) is 124 Å². The van der Waals surface area contributed by atoms with E-state index in [9.17, 15) is 0 Å². The quantitative estimate of drug-likeness (QED) is 0.139. The lowest BCUT2D eigenvalue weighted by molar-refractivity contribution is 0.982. The van der Waals surface area contributed by atoms with E-state index in [2.05, 4.69) is 149 Å². The Morgan fingerprint density at radius 1 is 0.633 bits per heavy atom. The summed E-state index contributed by atoms with van der Waals surface area (Å²) in [7, 11) is -1.40. The molecule has 49 heavy (non-hydrogen) atoms. The Bertz CT molecular complexity index is 2350. The number of aromatic nitrogens is 2. The third-order valence-electron chi connectivity index (χ3n) is 8.18. The normalized spacial score (nSPS) is 16.7. The minimum atomic E-state index is -1.40. The summed E-state index contributed by atoms with van der Waals surface area (Å²) in [5.41, 5.74) is 16.4. The van der Waals surface area contributed by atoms with E-state index in [-0.39, 0.29) is 6.04 Å². The van der Waals surface area contributed by atoms with Crippen molar-refractivity contribution in [2.75, 3.05) is 0 Å². The van der Waals surface area contributed by atoms with Gasteiger partial charge < -0.3 is 0 Å². The third kappa shape index (κ3) is 7.26. The van der Waals surface area contributed by atoms with Crippen molar-refractivity contribution >= 4 is 57.4 Å². The molecule has 0 saturated carbocycles. The largest absolute Gasteiger partial charge is 0.277 e. The smallest absolute Gasteiger partial charge is 0.155 e. The molecule has 2 aromatic heterocycles. The fourth-order valence-electron chi connectivity index (χ4n) is 5.84. The number of hydrogen-bond donors (Lipinski definition) is 0. The summed E-state index contributed by atoms with van der Waals surface area (Å²) in [5.74, 6) is 10.00. The average Bonchev–Trinajstić information content (AvgIpc) is 3.83. The van der Waals surface area contributed by atoms with E-state index in [1.807, 2.05) is 6.92 Å². The molecule has 0 radical (unpaired) electrons. The molecule has 0 spiro atoms. The fraction of sp³-hybridized carbons (Fsp3) is 0.190. The highest BCUT2D eigenvalue weighted by molar-refractivity contribution is 7.29. The van der Waals surface area contributed by atoms with E-state index in [1.165, 1.54) is 11.1 Å². The summed E-state index contributed by atoms with van der Waals surface area (Å²) >= 11 is 3.26. The van der Waals surface area contributed by atoms with Gasteiger partial charge in [-0.15, -0.1) is 5.54 Å². The highest BCUT2D eigenvalue weighted by Crippen LogP contribution is 2.38. The first-order valence-corrected chi connectivity index (χ1v) is 21.5. The van der Waals surface area contributed by atoms with Crippen LogP contribution in [-0.4, -0.2) is 35.5 Å². The molecule has 0 N–H and O–H groups in total. The Morgan fingerprint density at radius 3 is 1.59 bits per heavy atom. The highest BCUT2D eigenvalue weighted by atomic mass is 32.1. The van der Waals surface area contributed by atoms with Crippen LogP contribution in [0.15, 0.2) is 112 Å². The van der Waals surface area contributed by atoms with Crippen LogP contribution < -0.4 is 0 Å². The van der Waals surface area contributed by atoms with E-state index in [0.29, 0.717) is 0 Å². The van der Waals surface area contributed by atoms with Gasteiger partial charge in [0.15, 0.2) is 9.66 Å². The van der Waals surface area contributed by atoms with Gasteiger partial charge in [-0.05, 0) is 93.0 Å². The second-order valence-corrected chi connectivity index (χ2v) is 20.2. The summed E-state index contributed by atoms with van der Waals surface area (Å²) in [6, 6.07) is 25.1. The van der Waals surface area contributed by atoms with Crippen molar-refractivity contribution < 1.29 is 0 Å². The standard InChI is InChI=1S/C42H36N4S2Si/c1-26-24-28(3)43-37(26)36(38-27(2)25-29(4)44-38)33-16-10-30(11-17-33)8-9-31-12-18-34(19-13-31)39-45-41-42(47-39)46-40(48-41)35-20-14-32(15-21-35)22-23-49(5,6)7/h10-21,24-25,37H,1-7H3/b38-36-. The number of allylic oxidation sites excluding steroid dienone is 3. The highest BCUT2D eigenvalue weighted by Gasteiger charge is 2.26. The fourth-order valence-corrected chi connectivity index (χ4v) is 8.41. The molecule has 4 nitrogen and oxygen atoms in total. The number of fused-ring (bicyclic) bond motifs is 1. The van der Waals surface area contributed by atoms with E-state index >= 15 is 0 Å². The number of aliphatic imine (C=N–C) groups is 2. The predicted octanol–water partition coefficient (Wildman–Crippen LogP) is 10.6. The topological polar surface area (TPSA) is 50.5 Å². The van der Waals surface area contributed by atoms with Gasteiger partial charge in [-0.25, -0.2) is 9.97 Å². The Labute approximate surface area is 297 Å². The molecule has 3 aromatic carbocycles. The molecule has 7 heteroatoms. The predicted molar refractivity (Wildman–Crippen MR) is 213 cm³/mol. The van der Waals surface area contributed by atoms with E-state index < -0.39 is 8.07 Å². The Kier molecular flexibility index (Phi) is 8.77. The first-order chi connectivity index (χ1) is 23.5. The van der Waals surface area contributed by atoms with Crippen molar-refractivity contribution in [3.8, 4) is 44.4 Å². The van der Waals surface area contributed by atoms with Crippen LogP contribution >= 0.6 is 22.7 Å². The van der Waals surface area contributed by atoms with Crippen LogP contribution in [0.3, 0.4) is 0 Å². The Morgan fingerprint density at radius 2 is 1.14 bits per heavy atom. The van der Waals surface area contributed by atoms with Crippen LogP contribution in [-0.2, 0) is 0 Å². The molecule has 0 aliphatic carbocycles. The van der Waals surface area contributed by atoms with Crippen molar-refractivity contribution in [1.29, 1.82) is 0 Å². The molecule has 2 aliphatic heterocycles. The van der Waals surface area contributed by atoms with Gasteiger partial charge in [0.1, 0.15) is 18.1 Å². The van der Waals surface area contributed by atoms with Crippen LogP contribution in [0, 0.1) is 23.3 Å². The SMILES string of the molecule is CC1=CC(C)=N/C1=C(/c1ccc(C#Cc2ccc(-c3nc4sc(-c5ccc(C#C[Si](C)(C)C)cc5)nc4s3)cc2)cc1)C1N=C(C)C=C1C.